The molecule has 182 valence electrons. The maximum absolute atomic E-state index is 13.7. The number of hydrogen-bond acceptors (Lipinski definition) is 3. The molecule has 0 saturated heterocycles. The quantitative estimate of drug-likeness (QED) is 0.434. The number of nitrogens with zero attached hydrogens (tertiary/aromatic N) is 2. The summed E-state index contributed by atoms with van der Waals surface area (Å²) in [5.41, 5.74) is 1.97. The van der Waals surface area contributed by atoms with Crippen LogP contribution in [0.15, 0.2) is 60.7 Å². The number of hydrogen-bond donors (Lipinski definition) is 1. The molecule has 0 bridgehead atoms. The van der Waals surface area contributed by atoms with E-state index in [2.05, 4.69) is 5.32 Å². The van der Waals surface area contributed by atoms with Crippen LogP contribution < -0.4 is 10.2 Å². The Kier molecular flexibility index (Phi) is 7.44. The maximum Gasteiger partial charge on any atom is 0.259 e. The van der Waals surface area contributed by atoms with Gasteiger partial charge in [0.05, 0.1) is 5.69 Å². The Morgan fingerprint density at radius 3 is 2.43 bits per heavy atom. The van der Waals surface area contributed by atoms with Crippen molar-refractivity contribution in [3.8, 4) is 0 Å². The minimum atomic E-state index is -0.708. The molecule has 3 amide bonds. The van der Waals surface area contributed by atoms with Crippen LogP contribution in [0.4, 0.5) is 10.1 Å². The van der Waals surface area contributed by atoms with E-state index in [0.29, 0.717) is 29.8 Å². The van der Waals surface area contributed by atoms with Crippen LogP contribution in [0.2, 0.25) is 0 Å². The monoisotopic (exact) mass is 475 g/mol. The van der Waals surface area contributed by atoms with E-state index in [1.165, 1.54) is 21.9 Å². The number of nitrogens with one attached hydrogen (secondary N) is 1. The molecule has 1 atom stereocenters. The van der Waals surface area contributed by atoms with Crippen molar-refractivity contribution < 1.29 is 18.8 Å². The van der Waals surface area contributed by atoms with Gasteiger partial charge in [0.15, 0.2) is 0 Å². The van der Waals surface area contributed by atoms with Gasteiger partial charge in [0, 0.05) is 24.0 Å². The minimum absolute atomic E-state index is 0.137. The van der Waals surface area contributed by atoms with Gasteiger partial charge >= 0.3 is 0 Å². The fourth-order valence-corrected chi connectivity index (χ4v) is 4.57. The van der Waals surface area contributed by atoms with Crippen LogP contribution >= 0.6 is 0 Å². The average molecular weight is 476 g/mol. The Morgan fingerprint density at radius 2 is 1.74 bits per heavy atom. The lowest BCUT2D eigenvalue weighted by Crippen LogP contribution is -2.52. The maximum atomic E-state index is 13.7. The third-order valence-electron chi connectivity index (χ3n) is 6.42. The molecule has 0 saturated carbocycles. The lowest BCUT2D eigenvalue weighted by molar-refractivity contribution is -0.140. The van der Waals surface area contributed by atoms with Crippen LogP contribution in [0.1, 0.15) is 49.0 Å². The Hall–Kier alpha value is -3.74. The summed E-state index contributed by atoms with van der Waals surface area (Å²) in [6.07, 6.45) is 2.20. The Balaban J connectivity index is 1.62. The van der Waals surface area contributed by atoms with Crippen molar-refractivity contribution in [1.82, 2.24) is 10.2 Å². The van der Waals surface area contributed by atoms with E-state index in [4.69, 9.17) is 0 Å². The molecule has 0 aromatic heterocycles. The van der Waals surface area contributed by atoms with E-state index in [1.54, 1.807) is 18.2 Å². The highest BCUT2D eigenvalue weighted by molar-refractivity contribution is 6.26. The van der Waals surface area contributed by atoms with E-state index < -0.39 is 6.04 Å². The predicted molar refractivity (Wildman–Crippen MR) is 135 cm³/mol. The number of unbranched alkanes of at least 4 members (excludes halogenated alkanes) is 1. The van der Waals surface area contributed by atoms with Gasteiger partial charge < -0.3 is 10.2 Å². The first-order chi connectivity index (χ1) is 16.9. The van der Waals surface area contributed by atoms with Gasteiger partial charge in [0.25, 0.3) is 5.91 Å². The summed E-state index contributed by atoms with van der Waals surface area (Å²) >= 11 is 0. The van der Waals surface area contributed by atoms with E-state index in [-0.39, 0.29) is 36.6 Å². The number of rotatable bonds is 10. The van der Waals surface area contributed by atoms with Crippen LogP contribution in [0.5, 0.6) is 0 Å². The second-order valence-electron chi connectivity index (χ2n) is 8.79. The molecule has 35 heavy (non-hydrogen) atoms. The Morgan fingerprint density at radius 1 is 1.03 bits per heavy atom. The summed E-state index contributed by atoms with van der Waals surface area (Å²) in [6.45, 7) is 4.38. The molecular formula is C28H30FN3O3. The zero-order valence-electron chi connectivity index (χ0n) is 20.1. The van der Waals surface area contributed by atoms with Crippen LogP contribution in [0, 0.1) is 5.82 Å². The molecule has 6 nitrogen and oxygen atoms in total. The molecule has 3 aromatic rings. The molecule has 1 unspecified atom stereocenters. The molecule has 4 rings (SSSR count). The highest BCUT2D eigenvalue weighted by Gasteiger charge is 2.35. The smallest absolute Gasteiger partial charge is 0.259 e. The lowest BCUT2D eigenvalue weighted by Gasteiger charge is -2.32. The highest BCUT2D eigenvalue weighted by atomic mass is 19.1. The molecular weight excluding hydrogens is 445 g/mol. The van der Waals surface area contributed by atoms with Gasteiger partial charge in [-0.2, -0.15) is 0 Å². The van der Waals surface area contributed by atoms with Gasteiger partial charge in [-0.3, -0.25) is 19.3 Å². The lowest BCUT2D eigenvalue weighted by atomic mass is 10.1. The zero-order chi connectivity index (χ0) is 24.9. The number of benzene rings is 3. The third kappa shape index (κ3) is 5.04. The molecule has 7 heteroatoms. The minimum Gasteiger partial charge on any atom is -0.354 e. The zero-order valence-corrected chi connectivity index (χ0v) is 20.1. The van der Waals surface area contributed by atoms with Gasteiger partial charge in [0.2, 0.25) is 11.8 Å². The molecule has 0 radical (unpaired) electrons. The number of carbonyl (C=O) groups is 3. The van der Waals surface area contributed by atoms with Gasteiger partial charge in [-0.05, 0) is 48.1 Å². The molecule has 1 aliphatic heterocycles. The van der Waals surface area contributed by atoms with E-state index in [0.717, 1.165) is 23.6 Å². The van der Waals surface area contributed by atoms with E-state index >= 15 is 0 Å². The topological polar surface area (TPSA) is 69.7 Å². The summed E-state index contributed by atoms with van der Waals surface area (Å²) in [7, 11) is 0. The summed E-state index contributed by atoms with van der Waals surface area (Å²) in [5, 5.41) is 4.70. The van der Waals surface area contributed by atoms with Crippen LogP contribution in [0.3, 0.4) is 0 Å². The van der Waals surface area contributed by atoms with Crippen LogP contribution in [0.25, 0.3) is 10.8 Å². The predicted octanol–water partition coefficient (Wildman–Crippen LogP) is 4.66. The van der Waals surface area contributed by atoms with Gasteiger partial charge in [-0.25, -0.2) is 4.39 Å². The van der Waals surface area contributed by atoms with Crippen molar-refractivity contribution in [1.29, 1.82) is 0 Å². The molecule has 0 aliphatic carbocycles. The van der Waals surface area contributed by atoms with Crippen LogP contribution in [-0.4, -0.2) is 41.8 Å². The first-order valence-electron chi connectivity index (χ1n) is 12.1. The van der Waals surface area contributed by atoms with E-state index in [9.17, 15) is 18.8 Å². The first kappa shape index (κ1) is 24.4. The second-order valence-corrected chi connectivity index (χ2v) is 8.79. The standard InChI is InChI=1S/C28H30FN3O3/c1-3-5-16-30-27(34)23(4-2)31(17-19-12-14-21(29)15-13-19)25(33)18-32-24-11-7-9-20-8-6-10-22(26(20)24)28(32)35/h6-15,23H,3-5,16-18H2,1-2H3,(H,30,34). The molecule has 1 aliphatic rings. The largest absolute Gasteiger partial charge is 0.354 e. The van der Waals surface area contributed by atoms with Crippen LogP contribution in [-0.2, 0) is 16.1 Å². The van der Waals surface area contributed by atoms with Gasteiger partial charge in [-0.15, -0.1) is 0 Å². The molecule has 1 heterocycles. The third-order valence-corrected chi connectivity index (χ3v) is 6.42. The summed E-state index contributed by atoms with van der Waals surface area (Å²) in [6, 6.07) is 16.4. The average Bonchev–Trinajstić information content (AvgIpc) is 3.13. The molecule has 3 aromatic carbocycles. The summed E-state index contributed by atoms with van der Waals surface area (Å²) in [4.78, 5) is 42.9. The van der Waals surface area contributed by atoms with Crippen molar-refractivity contribution in [2.45, 2.75) is 45.7 Å². The van der Waals surface area contributed by atoms with Crippen molar-refractivity contribution in [3.05, 3.63) is 77.6 Å². The Bertz CT molecular complexity index is 1240. The highest BCUT2D eigenvalue weighted by Crippen LogP contribution is 2.37. The number of halogens is 1. The summed E-state index contributed by atoms with van der Waals surface area (Å²) in [5.74, 6) is -1.17. The Labute approximate surface area is 204 Å². The molecule has 0 fully saturated rings. The van der Waals surface area contributed by atoms with Crippen molar-refractivity contribution >= 4 is 34.2 Å². The SMILES string of the molecule is CCCCNC(=O)C(CC)N(Cc1ccc(F)cc1)C(=O)CN1C(=O)c2cccc3cccc1c23. The number of amides is 3. The number of anilines is 1. The first-order valence-corrected chi connectivity index (χ1v) is 12.1. The fourth-order valence-electron chi connectivity index (χ4n) is 4.57. The second kappa shape index (κ2) is 10.7. The van der Waals surface area contributed by atoms with Gasteiger partial charge in [0.1, 0.15) is 18.4 Å². The molecule has 0 spiro atoms. The normalized spacial score (nSPS) is 13.2. The van der Waals surface area contributed by atoms with Crippen molar-refractivity contribution in [2.75, 3.05) is 18.0 Å². The number of carbonyl (C=O) groups excluding carboxylic acids is 3. The van der Waals surface area contributed by atoms with Crippen molar-refractivity contribution in [3.63, 3.8) is 0 Å². The van der Waals surface area contributed by atoms with Gasteiger partial charge in [-0.1, -0.05) is 56.7 Å². The van der Waals surface area contributed by atoms with Crippen molar-refractivity contribution in [2.24, 2.45) is 0 Å². The van der Waals surface area contributed by atoms with E-state index in [1.807, 2.05) is 44.2 Å². The molecule has 1 N–H and O–H groups in total. The summed E-state index contributed by atoms with van der Waals surface area (Å²) < 4.78 is 13.5. The fraction of sp³-hybridized carbons (Fsp3) is 0.321.